The van der Waals surface area contributed by atoms with Crippen LogP contribution in [-0.4, -0.2) is 11.6 Å². The van der Waals surface area contributed by atoms with Gasteiger partial charge in [0, 0.05) is 16.8 Å². The van der Waals surface area contributed by atoms with Gasteiger partial charge in [-0.1, -0.05) is 23.7 Å². The number of hydrogen-bond acceptors (Lipinski definition) is 2. The molecule has 1 heterocycles. The summed E-state index contributed by atoms with van der Waals surface area (Å²) in [6.45, 7) is 0.791. The van der Waals surface area contributed by atoms with Crippen LogP contribution in [0.15, 0.2) is 42.6 Å². The Labute approximate surface area is 112 Å². The van der Waals surface area contributed by atoms with Gasteiger partial charge in [0.2, 0.25) is 0 Å². The van der Waals surface area contributed by atoms with Crippen molar-refractivity contribution < 1.29 is 4.74 Å². The minimum atomic E-state index is 0.714. The van der Waals surface area contributed by atoms with Crippen molar-refractivity contribution in [2.24, 2.45) is 5.92 Å². The summed E-state index contributed by atoms with van der Waals surface area (Å²) in [5.41, 5.74) is 1.86. The zero-order valence-corrected chi connectivity index (χ0v) is 10.7. The third kappa shape index (κ3) is 2.65. The smallest absolute Gasteiger partial charge is 0.145 e. The first-order valence-electron chi connectivity index (χ1n) is 6.17. The molecule has 1 aromatic heterocycles. The molecule has 0 N–H and O–H groups in total. The van der Waals surface area contributed by atoms with Gasteiger partial charge in [-0.25, -0.2) is 0 Å². The summed E-state index contributed by atoms with van der Waals surface area (Å²) in [5.74, 6) is 1.57. The largest absolute Gasteiger partial charge is 0.491 e. The second-order valence-electron chi connectivity index (χ2n) is 4.61. The Hall–Kier alpha value is -1.54. The lowest BCUT2D eigenvalue weighted by molar-refractivity contribution is 0.300. The molecule has 2 nitrogen and oxygen atoms in total. The molecule has 2 aromatic rings. The van der Waals surface area contributed by atoms with Crippen LogP contribution >= 0.6 is 11.6 Å². The molecule has 3 rings (SSSR count). The second-order valence-corrected chi connectivity index (χ2v) is 5.05. The van der Waals surface area contributed by atoms with Crippen molar-refractivity contribution >= 4 is 11.6 Å². The van der Waals surface area contributed by atoms with Crippen LogP contribution in [0.1, 0.15) is 12.8 Å². The van der Waals surface area contributed by atoms with Gasteiger partial charge in [0.05, 0.1) is 6.61 Å². The molecule has 18 heavy (non-hydrogen) atoms. The van der Waals surface area contributed by atoms with Crippen LogP contribution in [0.25, 0.3) is 11.3 Å². The first-order chi connectivity index (χ1) is 8.83. The zero-order chi connectivity index (χ0) is 12.4. The molecule has 0 atom stereocenters. The Bertz CT molecular complexity index is 552. The minimum Gasteiger partial charge on any atom is -0.491 e. The summed E-state index contributed by atoms with van der Waals surface area (Å²) in [6, 6.07) is 11.6. The fraction of sp³-hybridized carbons (Fsp3) is 0.267. The lowest BCUT2D eigenvalue weighted by Gasteiger charge is -2.10. The van der Waals surface area contributed by atoms with Crippen LogP contribution in [0.2, 0.25) is 5.02 Å². The maximum Gasteiger partial charge on any atom is 0.145 e. The standard InChI is InChI=1S/C15H14ClNO/c16-13-4-1-3-12(9-13)15-14(5-2-8-17-15)18-10-11-6-7-11/h1-5,8-9,11H,6-7,10H2. The predicted molar refractivity (Wildman–Crippen MR) is 72.9 cm³/mol. The Balaban J connectivity index is 1.89. The van der Waals surface area contributed by atoms with E-state index in [1.807, 2.05) is 36.4 Å². The Morgan fingerprint density at radius 3 is 2.89 bits per heavy atom. The van der Waals surface area contributed by atoms with Crippen LogP contribution in [0, 0.1) is 5.92 Å². The average molecular weight is 260 g/mol. The number of nitrogens with zero attached hydrogens (tertiary/aromatic N) is 1. The van der Waals surface area contributed by atoms with E-state index in [0.717, 1.165) is 29.5 Å². The lowest BCUT2D eigenvalue weighted by Crippen LogP contribution is -2.01. The number of rotatable bonds is 4. The summed E-state index contributed by atoms with van der Waals surface area (Å²) >= 11 is 6.02. The molecule has 0 aliphatic heterocycles. The molecule has 0 amide bonds. The van der Waals surface area contributed by atoms with Gasteiger partial charge in [0.25, 0.3) is 0 Å². The van der Waals surface area contributed by atoms with Crippen LogP contribution < -0.4 is 4.74 Å². The molecular formula is C15H14ClNO. The topological polar surface area (TPSA) is 22.1 Å². The zero-order valence-electron chi connectivity index (χ0n) is 9.97. The number of halogens is 1. The number of pyridine rings is 1. The molecule has 0 bridgehead atoms. The molecule has 1 aliphatic rings. The third-order valence-corrected chi connectivity index (χ3v) is 3.28. The van der Waals surface area contributed by atoms with E-state index >= 15 is 0 Å². The van der Waals surface area contributed by atoms with Crippen LogP contribution in [-0.2, 0) is 0 Å². The fourth-order valence-corrected chi connectivity index (χ4v) is 2.04. The molecule has 0 unspecified atom stereocenters. The first kappa shape index (κ1) is 11.5. The molecule has 3 heteroatoms. The van der Waals surface area contributed by atoms with Gasteiger partial charge in [-0.05, 0) is 43.0 Å². The van der Waals surface area contributed by atoms with Gasteiger partial charge in [-0.15, -0.1) is 0 Å². The summed E-state index contributed by atoms with van der Waals surface area (Å²) in [4.78, 5) is 4.40. The molecule has 92 valence electrons. The number of hydrogen-bond donors (Lipinski definition) is 0. The van der Waals surface area contributed by atoms with Crippen molar-refractivity contribution in [2.75, 3.05) is 6.61 Å². The third-order valence-electron chi connectivity index (χ3n) is 3.04. The van der Waals surface area contributed by atoms with Crippen LogP contribution in [0.3, 0.4) is 0 Å². The van der Waals surface area contributed by atoms with Crippen molar-refractivity contribution in [2.45, 2.75) is 12.8 Å². The van der Waals surface area contributed by atoms with E-state index in [2.05, 4.69) is 4.98 Å². The van der Waals surface area contributed by atoms with Crippen molar-refractivity contribution in [3.8, 4) is 17.0 Å². The molecular weight excluding hydrogens is 246 g/mol. The summed E-state index contributed by atoms with van der Waals surface area (Å²) in [5, 5.41) is 0.714. The van der Waals surface area contributed by atoms with Crippen molar-refractivity contribution in [3.63, 3.8) is 0 Å². The van der Waals surface area contributed by atoms with E-state index in [4.69, 9.17) is 16.3 Å². The summed E-state index contributed by atoms with van der Waals surface area (Å²) < 4.78 is 5.85. The molecule has 1 aromatic carbocycles. The van der Waals surface area contributed by atoms with Gasteiger partial charge in [-0.3, -0.25) is 4.98 Å². The molecule has 0 radical (unpaired) electrons. The fourth-order valence-electron chi connectivity index (χ4n) is 1.85. The van der Waals surface area contributed by atoms with Gasteiger partial charge >= 0.3 is 0 Å². The SMILES string of the molecule is Clc1cccc(-c2ncccc2OCC2CC2)c1. The summed E-state index contributed by atoms with van der Waals surface area (Å²) in [6.07, 6.45) is 4.35. The molecule has 1 fully saturated rings. The van der Waals surface area contributed by atoms with Crippen molar-refractivity contribution in [1.29, 1.82) is 0 Å². The molecule has 0 saturated heterocycles. The highest BCUT2D eigenvalue weighted by molar-refractivity contribution is 6.30. The van der Waals surface area contributed by atoms with E-state index in [1.165, 1.54) is 12.8 Å². The van der Waals surface area contributed by atoms with E-state index in [1.54, 1.807) is 6.20 Å². The van der Waals surface area contributed by atoms with Gasteiger partial charge in [0.15, 0.2) is 0 Å². The maximum absolute atomic E-state index is 6.02. The normalized spacial score (nSPS) is 14.5. The number of benzene rings is 1. The van der Waals surface area contributed by atoms with E-state index in [-0.39, 0.29) is 0 Å². The van der Waals surface area contributed by atoms with E-state index in [9.17, 15) is 0 Å². The number of ether oxygens (including phenoxy) is 1. The van der Waals surface area contributed by atoms with Crippen LogP contribution in [0.5, 0.6) is 5.75 Å². The first-order valence-corrected chi connectivity index (χ1v) is 6.54. The van der Waals surface area contributed by atoms with Gasteiger partial charge in [0.1, 0.15) is 11.4 Å². The maximum atomic E-state index is 6.02. The quantitative estimate of drug-likeness (QED) is 0.821. The Morgan fingerprint density at radius 2 is 2.11 bits per heavy atom. The number of aromatic nitrogens is 1. The minimum absolute atomic E-state index is 0.714. The van der Waals surface area contributed by atoms with E-state index < -0.39 is 0 Å². The molecule has 1 aliphatic carbocycles. The predicted octanol–water partition coefficient (Wildman–Crippen LogP) is 4.19. The monoisotopic (exact) mass is 259 g/mol. The van der Waals surface area contributed by atoms with Crippen molar-refractivity contribution in [3.05, 3.63) is 47.6 Å². The lowest BCUT2D eigenvalue weighted by atomic mass is 10.1. The highest BCUT2D eigenvalue weighted by Crippen LogP contribution is 2.33. The highest BCUT2D eigenvalue weighted by Gasteiger charge is 2.22. The Morgan fingerprint density at radius 1 is 1.22 bits per heavy atom. The van der Waals surface area contributed by atoms with E-state index in [0.29, 0.717) is 5.02 Å². The van der Waals surface area contributed by atoms with Crippen LogP contribution in [0.4, 0.5) is 0 Å². The van der Waals surface area contributed by atoms with Crippen molar-refractivity contribution in [1.82, 2.24) is 4.98 Å². The average Bonchev–Trinajstić information content (AvgIpc) is 3.21. The van der Waals surface area contributed by atoms with Gasteiger partial charge < -0.3 is 4.74 Å². The summed E-state index contributed by atoms with van der Waals surface area (Å²) in [7, 11) is 0. The Kier molecular flexibility index (Phi) is 3.20. The molecule has 0 spiro atoms. The van der Waals surface area contributed by atoms with Gasteiger partial charge in [-0.2, -0.15) is 0 Å². The second kappa shape index (κ2) is 4.99. The molecule has 1 saturated carbocycles. The highest BCUT2D eigenvalue weighted by atomic mass is 35.5.